The van der Waals surface area contributed by atoms with Crippen LogP contribution < -0.4 is 4.74 Å². The standard InChI is InChI=1S/C24H37N3O5/c1-18-5-6-22(13-19(18)2)32-17-24(30)15-26(11-12-27(16-24)23(29)14-31-4)21-7-9-25(10-8-21)20(3)28/h5-6,13,21,30H,7-12,14-17H2,1-4H3/t24-/m1/s1. The number of piperidine rings is 1. The highest BCUT2D eigenvalue weighted by atomic mass is 16.5. The molecule has 8 heteroatoms. The van der Waals surface area contributed by atoms with Crippen molar-refractivity contribution >= 4 is 11.8 Å². The van der Waals surface area contributed by atoms with Gasteiger partial charge in [0.2, 0.25) is 11.8 Å². The summed E-state index contributed by atoms with van der Waals surface area (Å²) >= 11 is 0. The summed E-state index contributed by atoms with van der Waals surface area (Å²) in [6, 6.07) is 6.14. The largest absolute Gasteiger partial charge is 0.490 e. The van der Waals surface area contributed by atoms with E-state index in [0.717, 1.165) is 31.5 Å². The number of rotatable bonds is 6. The summed E-state index contributed by atoms with van der Waals surface area (Å²) in [5, 5.41) is 11.6. The van der Waals surface area contributed by atoms with Crippen molar-refractivity contribution in [1.82, 2.24) is 14.7 Å². The van der Waals surface area contributed by atoms with E-state index >= 15 is 0 Å². The zero-order valence-corrected chi connectivity index (χ0v) is 19.8. The number of benzene rings is 1. The second kappa shape index (κ2) is 10.6. The van der Waals surface area contributed by atoms with Gasteiger partial charge in [-0.05, 0) is 49.9 Å². The van der Waals surface area contributed by atoms with Crippen molar-refractivity contribution in [3.63, 3.8) is 0 Å². The van der Waals surface area contributed by atoms with Gasteiger partial charge in [0.25, 0.3) is 0 Å². The maximum Gasteiger partial charge on any atom is 0.248 e. The average molecular weight is 448 g/mol. The van der Waals surface area contributed by atoms with Crippen LogP contribution in [-0.4, -0.2) is 103 Å². The molecule has 2 aliphatic heterocycles. The minimum atomic E-state index is -1.21. The highest BCUT2D eigenvalue weighted by molar-refractivity contribution is 5.77. The molecule has 1 aromatic rings. The number of β-amino-alcohol motifs (C(OH)–C–C–N with tert-alkyl or cyclic N) is 1. The molecule has 8 nitrogen and oxygen atoms in total. The summed E-state index contributed by atoms with van der Waals surface area (Å²) < 4.78 is 11.1. The van der Waals surface area contributed by atoms with Gasteiger partial charge in [0.05, 0.1) is 6.54 Å². The van der Waals surface area contributed by atoms with Crippen molar-refractivity contribution in [3.8, 4) is 5.75 Å². The minimum absolute atomic E-state index is 0.00884. The second-order valence-electron chi connectivity index (χ2n) is 9.22. The van der Waals surface area contributed by atoms with Crippen molar-refractivity contribution < 1.29 is 24.2 Å². The van der Waals surface area contributed by atoms with Gasteiger partial charge in [-0.15, -0.1) is 0 Å². The van der Waals surface area contributed by atoms with E-state index in [-0.39, 0.29) is 37.6 Å². The first kappa shape index (κ1) is 24.5. The van der Waals surface area contributed by atoms with Crippen molar-refractivity contribution in [2.24, 2.45) is 0 Å². The van der Waals surface area contributed by atoms with Crippen LogP contribution in [0, 0.1) is 13.8 Å². The predicted octanol–water partition coefficient (Wildman–Crippen LogP) is 1.21. The Hall–Kier alpha value is -2.16. The van der Waals surface area contributed by atoms with Gasteiger partial charge in [-0.2, -0.15) is 0 Å². The number of methoxy groups -OCH3 is 1. The number of aliphatic hydroxyl groups is 1. The predicted molar refractivity (Wildman–Crippen MR) is 122 cm³/mol. The number of carbonyl (C=O) groups is 2. The van der Waals surface area contributed by atoms with Crippen molar-refractivity contribution in [1.29, 1.82) is 0 Å². The van der Waals surface area contributed by atoms with Crippen LogP contribution in [0.15, 0.2) is 18.2 Å². The fourth-order valence-electron chi connectivity index (χ4n) is 4.59. The molecule has 1 atom stereocenters. The summed E-state index contributed by atoms with van der Waals surface area (Å²) in [5.74, 6) is 0.682. The molecular weight excluding hydrogens is 410 g/mol. The molecular formula is C24H37N3O5. The summed E-state index contributed by atoms with van der Waals surface area (Å²) in [5.41, 5.74) is 1.10. The molecule has 0 spiro atoms. The SMILES string of the molecule is COCC(=O)N1CCN(C2CCN(C(C)=O)CC2)C[C@](O)(COc2ccc(C)c(C)c2)C1. The molecule has 1 N–H and O–H groups in total. The lowest BCUT2D eigenvalue weighted by molar-refractivity contribution is -0.138. The lowest BCUT2D eigenvalue weighted by Crippen LogP contribution is -2.55. The van der Waals surface area contributed by atoms with E-state index in [1.165, 1.54) is 12.7 Å². The first-order valence-corrected chi connectivity index (χ1v) is 11.4. The molecule has 0 bridgehead atoms. The Morgan fingerprint density at radius 3 is 2.41 bits per heavy atom. The molecule has 0 unspecified atom stereocenters. The molecule has 1 aromatic carbocycles. The Balaban J connectivity index is 1.73. The van der Waals surface area contributed by atoms with Gasteiger partial charge >= 0.3 is 0 Å². The third kappa shape index (κ3) is 6.21. The van der Waals surface area contributed by atoms with Gasteiger partial charge in [0.1, 0.15) is 24.6 Å². The minimum Gasteiger partial charge on any atom is -0.490 e. The Morgan fingerprint density at radius 2 is 1.78 bits per heavy atom. The van der Waals surface area contributed by atoms with E-state index in [1.54, 1.807) is 11.8 Å². The molecule has 2 heterocycles. The molecule has 178 valence electrons. The third-order valence-electron chi connectivity index (χ3n) is 6.67. The summed E-state index contributed by atoms with van der Waals surface area (Å²) in [6.45, 7) is 9.03. The molecule has 0 radical (unpaired) electrons. The van der Waals surface area contributed by atoms with Crippen molar-refractivity contribution in [2.75, 3.05) is 59.6 Å². The molecule has 2 amide bonds. The van der Waals surface area contributed by atoms with Crippen LogP contribution in [0.1, 0.15) is 30.9 Å². The van der Waals surface area contributed by atoms with Crippen LogP contribution in [-0.2, 0) is 14.3 Å². The van der Waals surface area contributed by atoms with Gasteiger partial charge < -0.3 is 24.4 Å². The zero-order valence-electron chi connectivity index (χ0n) is 19.8. The van der Waals surface area contributed by atoms with Crippen LogP contribution in [0.25, 0.3) is 0 Å². The smallest absolute Gasteiger partial charge is 0.248 e. The third-order valence-corrected chi connectivity index (χ3v) is 6.67. The Morgan fingerprint density at radius 1 is 1.06 bits per heavy atom. The lowest BCUT2D eigenvalue weighted by Gasteiger charge is -2.40. The van der Waals surface area contributed by atoms with Gasteiger partial charge in [-0.25, -0.2) is 0 Å². The summed E-state index contributed by atoms with van der Waals surface area (Å²) in [7, 11) is 1.50. The Bertz CT molecular complexity index is 809. The molecule has 2 aliphatic rings. The number of carbonyl (C=O) groups excluding carboxylic acids is 2. The van der Waals surface area contributed by atoms with E-state index in [2.05, 4.69) is 4.90 Å². The second-order valence-corrected chi connectivity index (χ2v) is 9.22. The fraction of sp³-hybridized carbons (Fsp3) is 0.667. The van der Waals surface area contributed by atoms with Crippen LogP contribution >= 0.6 is 0 Å². The maximum atomic E-state index is 12.6. The normalized spacial score (nSPS) is 23.2. The number of likely N-dealkylation sites (tertiary alicyclic amines) is 1. The van der Waals surface area contributed by atoms with Crippen LogP contribution in [0.3, 0.4) is 0 Å². The van der Waals surface area contributed by atoms with Crippen molar-refractivity contribution in [2.45, 2.75) is 45.3 Å². The van der Waals surface area contributed by atoms with Crippen LogP contribution in [0.4, 0.5) is 0 Å². The van der Waals surface area contributed by atoms with Crippen LogP contribution in [0.2, 0.25) is 0 Å². The first-order valence-electron chi connectivity index (χ1n) is 11.4. The average Bonchev–Trinajstić information content (AvgIpc) is 2.94. The van der Waals surface area contributed by atoms with E-state index in [1.807, 2.05) is 36.9 Å². The van der Waals surface area contributed by atoms with Gasteiger partial charge in [-0.3, -0.25) is 14.5 Å². The monoisotopic (exact) mass is 447 g/mol. The summed E-state index contributed by atoms with van der Waals surface area (Å²) in [6.07, 6.45) is 1.72. The highest BCUT2D eigenvalue weighted by Gasteiger charge is 2.40. The van der Waals surface area contributed by atoms with Gasteiger partial charge in [-0.1, -0.05) is 6.07 Å². The van der Waals surface area contributed by atoms with E-state index in [4.69, 9.17) is 9.47 Å². The number of hydrogen-bond acceptors (Lipinski definition) is 6. The zero-order chi connectivity index (χ0) is 23.3. The number of ether oxygens (including phenoxy) is 2. The van der Waals surface area contributed by atoms with Gasteiger partial charge in [0, 0.05) is 52.8 Å². The van der Waals surface area contributed by atoms with E-state index in [9.17, 15) is 14.7 Å². The lowest BCUT2D eigenvalue weighted by atomic mass is 9.99. The number of amides is 2. The number of hydrogen-bond donors (Lipinski definition) is 1. The van der Waals surface area contributed by atoms with E-state index in [0.29, 0.717) is 25.4 Å². The molecule has 3 rings (SSSR count). The molecule has 0 aliphatic carbocycles. The van der Waals surface area contributed by atoms with E-state index < -0.39 is 5.60 Å². The van der Waals surface area contributed by atoms with Crippen molar-refractivity contribution in [3.05, 3.63) is 29.3 Å². The topological polar surface area (TPSA) is 82.6 Å². The Labute approximate surface area is 191 Å². The molecule has 2 saturated heterocycles. The molecule has 32 heavy (non-hydrogen) atoms. The highest BCUT2D eigenvalue weighted by Crippen LogP contribution is 2.24. The quantitative estimate of drug-likeness (QED) is 0.706. The fourth-order valence-corrected chi connectivity index (χ4v) is 4.59. The van der Waals surface area contributed by atoms with Crippen LogP contribution in [0.5, 0.6) is 5.75 Å². The number of aryl methyl sites for hydroxylation is 2. The summed E-state index contributed by atoms with van der Waals surface area (Å²) in [4.78, 5) is 30.1. The molecule has 0 saturated carbocycles. The first-order chi connectivity index (χ1) is 15.2. The Kier molecular flexibility index (Phi) is 8.14. The maximum absolute atomic E-state index is 12.6. The van der Waals surface area contributed by atoms with Gasteiger partial charge in [0.15, 0.2) is 0 Å². The molecule has 2 fully saturated rings. The number of nitrogens with zero attached hydrogens (tertiary/aromatic N) is 3. The molecule has 0 aromatic heterocycles.